The van der Waals surface area contributed by atoms with E-state index in [1.807, 2.05) is 12.1 Å². The summed E-state index contributed by atoms with van der Waals surface area (Å²) in [7, 11) is 0. The first-order valence-electron chi connectivity index (χ1n) is 6.75. The lowest BCUT2D eigenvalue weighted by Gasteiger charge is -2.34. The molecule has 0 radical (unpaired) electrons. The summed E-state index contributed by atoms with van der Waals surface area (Å²) in [5, 5.41) is 3.62. The summed E-state index contributed by atoms with van der Waals surface area (Å²) in [6.07, 6.45) is 3.50. The molecule has 0 saturated heterocycles. The first-order valence-corrected chi connectivity index (χ1v) is 7.92. The summed E-state index contributed by atoms with van der Waals surface area (Å²) in [5.41, 5.74) is 0.543. The van der Waals surface area contributed by atoms with Crippen LogP contribution < -0.4 is 5.32 Å². The van der Waals surface area contributed by atoms with Gasteiger partial charge < -0.3 is 5.32 Å². The van der Waals surface area contributed by atoms with Gasteiger partial charge in [-0.2, -0.15) is 0 Å². The summed E-state index contributed by atoms with van der Waals surface area (Å²) in [6, 6.07) is 5.69. The normalized spacial score (nSPS) is 27.1. The molecule has 0 heterocycles. The standard InChI is InChI=1S/C15H19BrClNO/c1-9-5-3-8-13(10(9)2)18-15(19)11-6-4-7-12(16)14(11)17/h4,6-7,9-10,13H,3,5,8H2,1-2H3,(H,18,19). The minimum atomic E-state index is -0.0720. The zero-order chi connectivity index (χ0) is 14.0. The van der Waals surface area contributed by atoms with E-state index in [1.165, 1.54) is 12.8 Å². The second-order valence-corrected chi connectivity index (χ2v) is 6.68. The lowest BCUT2D eigenvalue weighted by Crippen LogP contribution is -2.43. The van der Waals surface area contributed by atoms with Crippen LogP contribution in [0.4, 0.5) is 0 Å². The topological polar surface area (TPSA) is 29.1 Å². The van der Waals surface area contributed by atoms with Crippen LogP contribution in [0.1, 0.15) is 43.5 Å². The Hall–Kier alpha value is -0.540. The highest BCUT2D eigenvalue weighted by Crippen LogP contribution is 2.30. The van der Waals surface area contributed by atoms with Crippen LogP contribution in [0.5, 0.6) is 0 Å². The predicted octanol–water partition coefficient (Wildman–Crippen LogP) is 4.66. The van der Waals surface area contributed by atoms with Gasteiger partial charge in [0.25, 0.3) is 5.91 Å². The van der Waals surface area contributed by atoms with E-state index in [9.17, 15) is 4.79 Å². The number of hydrogen-bond acceptors (Lipinski definition) is 1. The van der Waals surface area contributed by atoms with Gasteiger partial charge in [0.05, 0.1) is 10.6 Å². The monoisotopic (exact) mass is 343 g/mol. The van der Waals surface area contributed by atoms with Gasteiger partial charge in [0.1, 0.15) is 0 Å². The predicted molar refractivity (Wildman–Crippen MR) is 82.6 cm³/mol. The van der Waals surface area contributed by atoms with Crippen LogP contribution in [0.2, 0.25) is 5.02 Å². The molecule has 19 heavy (non-hydrogen) atoms. The molecule has 1 saturated carbocycles. The SMILES string of the molecule is CC1CCCC(NC(=O)c2cccc(Br)c2Cl)C1C. The molecule has 0 aliphatic heterocycles. The summed E-state index contributed by atoms with van der Waals surface area (Å²) in [5.74, 6) is 1.11. The molecule has 1 aromatic rings. The molecule has 104 valence electrons. The van der Waals surface area contributed by atoms with Crippen molar-refractivity contribution in [1.82, 2.24) is 5.32 Å². The fourth-order valence-electron chi connectivity index (χ4n) is 2.71. The van der Waals surface area contributed by atoms with E-state index in [0.717, 1.165) is 10.9 Å². The first kappa shape index (κ1) is 14.9. The summed E-state index contributed by atoms with van der Waals surface area (Å²) in [6.45, 7) is 4.48. The van der Waals surface area contributed by atoms with Crippen molar-refractivity contribution >= 4 is 33.4 Å². The zero-order valence-corrected chi connectivity index (χ0v) is 13.6. The molecule has 4 heteroatoms. The maximum atomic E-state index is 12.3. The molecule has 1 aliphatic rings. The second-order valence-electron chi connectivity index (χ2n) is 5.45. The molecule has 1 fully saturated rings. The van der Waals surface area contributed by atoms with Gasteiger partial charge in [0.2, 0.25) is 0 Å². The average Bonchev–Trinajstić information content (AvgIpc) is 2.38. The Kier molecular flexibility index (Phi) is 4.91. The molecule has 0 aromatic heterocycles. The van der Waals surface area contributed by atoms with Gasteiger partial charge in [-0.25, -0.2) is 0 Å². The van der Waals surface area contributed by atoms with Crippen molar-refractivity contribution in [1.29, 1.82) is 0 Å². The third kappa shape index (κ3) is 3.32. The molecule has 0 spiro atoms. The van der Waals surface area contributed by atoms with Crippen LogP contribution in [0, 0.1) is 11.8 Å². The van der Waals surface area contributed by atoms with E-state index in [4.69, 9.17) is 11.6 Å². The Morgan fingerprint density at radius 3 is 2.84 bits per heavy atom. The van der Waals surface area contributed by atoms with E-state index in [0.29, 0.717) is 22.4 Å². The van der Waals surface area contributed by atoms with Crippen LogP contribution >= 0.6 is 27.5 Å². The maximum absolute atomic E-state index is 12.3. The van der Waals surface area contributed by atoms with Gasteiger partial charge in [-0.3, -0.25) is 4.79 Å². The van der Waals surface area contributed by atoms with Crippen molar-refractivity contribution in [3.8, 4) is 0 Å². The van der Waals surface area contributed by atoms with Crippen molar-refractivity contribution in [3.63, 3.8) is 0 Å². The van der Waals surface area contributed by atoms with Crippen molar-refractivity contribution in [3.05, 3.63) is 33.3 Å². The zero-order valence-electron chi connectivity index (χ0n) is 11.2. The van der Waals surface area contributed by atoms with Gasteiger partial charge in [-0.1, -0.05) is 44.4 Å². The number of amides is 1. The number of rotatable bonds is 2. The maximum Gasteiger partial charge on any atom is 0.253 e. The highest BCUT2D eigenvalue weighted by Gasteiger charge is 2.28. The summed E-state index contributed by atoms with van der Waals surface area (Å²) >= 11 is 9.51. The largest absolute Gasteiger partial charge is 0.349 e. The molecule has 3 unspecified atom stereocenters. The number of nitrogens with one attached hydrogen (secondary N) is 1. The van der Waals surface area contributed by atoms with Gasteiger partial charge in [-0.15, -0.1) is 0 Å². The quantitative estimate of drug-likeness (QED) is 0.831. The average molecular weight is 345 g/mol. The Bertz CT molecular complexity index is 477. The van der Waals surface area contributed by atoms with E-state index >= 15 is 0 Å². The van der Waals surface area contributed by atoms with E-state index in [2.05, 4.69) is 35.1 Å². The van der Waals surface area contributed by atoms with Gasteiger partial charge in [0, 0.05) is 10.5 Å². The summed E-state index contributed by atoms with van der Waals surface area (Å²) < 4.78 is 0.756. The highest BCUT2D eigenvalue weighted by atomic mass is 79.9. The molecule has 1 aromatic carbocycles. The minimum absolute atomic E-state index is 0.0720. The van der Waals surface area contributed by atoms with Crippen molar-refractivity contribution in [2.45, 2.75) is 39.2 Å². The van der Waals surface area contributed by atoms with Crippen LogP contribution in [-0.4, -0.2) is 11.9 Å². The molecule has 1 N–H and O–H groups in total. The Labute approximate surface area is 128 Å². The third-order valence-corrected chi connectivity index (χ3v) is 5.52. The van der Waals surface area contributed by atoms with Gasteiger partial charge >= 0.3 is 0 Å². The van der Waals surface area contributed by atoms with Gasteiger partial charge in [0.15, 0.2) is 0 Å². The molecule has 0 bridgehead atoms. The second kappa shape index (κ2) is 6.27. The van der Waals surface area contributed by atoms with Gasteiger partial charge in [-0.05, 0) is 46.3 Å². The van der Waals surface area contributed by atoms with Crippen LogP contribution in [0.25, 0.3) is 0 Å². The molecular formula is C15H19BrClNO. The molecule has 1 aliphatic carbocycles. The number of carbonyl (C=O) groups excluding carboxylic acids is 1. The number of hydrogen-bond donors (Lipinski definition) is 1. The lowest BCUT2D eigenvalue weighted by molar-refractivity contribution is 0.0891. The van der Waals surface area contributed by atoms with Crippen molar-refractivity contribution in [2.24, 2.45) is 11.8 Å². The summed E-state index contributed by atoms with van der Waals surface area (Å²) in [4.78, 5) is 12.3. The molecule has 3 atom stereocenters. The molecule has 2 rings (SSSR count). The van der Waals surface area contributed by atoms with Crippen LogP contribution in [0.3, 0.4) is 0 Å². The highest BCUT2D eigenvalue weighted by molar-refractivity contribution is 9.10. The number of carbonyl (C=O) groups is 1. The fourth-order valence-corrected chi connectivity index (χ4v) is 3.29. The van der Waals surface area contributed by atoms with E-state index < -0.39 is 0 Å². The third-order valence-electron chi connectivity index (χ3n) is 4.22. The lowest BCUT2D eigenvalue weighted by atomic mass is 9.78. The number of halogens is 2. The number of benzene rings is 1. The van der Waals surface area contributed by atoms with E-state index in [1.54, 1.807) is 6.07 Å². The molecular weight excluding hydrogens is 326 g/mol. The Morgan fingerprint density at radius 2 is 2.11 bits per heavy atom. The molecule has 1 amide bonds. The smallest absolute Gasteiger partial charge is 0.253 e. The van der Waals surface area contributed by atoms with Crippen LogP contribution in [-0.2, 0) is 0 Å². The fraction of sp³-hybridized carbons (Fsp3) is 0.533. The van der Waals surface area contributed by atoms with E-state index in [-0.39, 0.29) is 11.9 Å². The van der Waals surface area contributed by atoms with Crippen molar-refractivity contribution in [2.75, 3.05) is 0 Å². The van der Waals surface area contributed by atoms with Crippen molar-refractivity contribution < 1.29 is 4.79 Å². The molecule has 2 nitrogen and oxygen atoms in total. The Balaban J connectivity index is 2.10. The van der Waals surface area contributed by atoms with Crippen LogP contribution in [0.15, 0.2) is 22.7 Å². The minimum Gasteiger partial charge on any atom is -0.349 e. The first-order chi connectivity index (χ1) is 9.00. The Morgan fingerprint density at radius 1 is 1.37 bits per heavy atom.